The van der Waals surface area contributed by atoms with Crippen LogP contribution in [0.15, 0.2) is 23.2 Å². The van der Waals surface area contributed by atoms with Crippen LogP contribution in [0, 0.1) is 23.0 Å². The van der Waals surface area contributed by atoms with Crippen LogP contribution in [0.1, 0.15) is 65.4 Å². The minimum atomic E-state index is -0.305. The minimum Gasteiger partial charge on any atom is -0.318 e. The van der Waals surface area contributed by atoms with E-state index in [0.29, 0.717) is 18.0 Å². The lowest BCUT2D eigenvalue weighted by molar-refractivity contribution is -0.384. The molecule has 0 saturated heterocycles. The van der Waals surface area contributed by atoms with E-state index in [0.717, 1.165) is 54.3 Å². The van der Waals surface area contributed by atoms with Crippen LogP contribution in [-0.2, 0) is 0 Å². The highest BCUT2D eigenvalue weighted by Crippen LogP contribution is 2.35. The van der Waals surface area contributed by atoms with Gasteiger partial charge in [-0.15, -0.1) is 0 Å². The fraction of sp³-hybridized carbons (Fsp3) is 0.667. The predicted octanol–water partition coefficient (Wildman–Crippen LogP) is 6.20. The summed E-state index contributed by atoms with van der Waals surface area (Å²) >= 11 is 1.80. The molecule has 0 spiro atoms. The highest BCUT2D eigenvalue weighted by molar-refractivity contribution is 8.14. The highest BCUT2D eigenvalue weighted by Gasteiger charge is 2.30. The molecule has 0 aromatic heterocycles. The first-order chi connectivity index (χ1) is 12.9. The number of hydrogen-bond acceptors (Lipinski definition) is 5. The maximum absolute atomic E-state index is 11.4. The Labute approximate surface area is 167 Å². The van der Waals surface area contributed by atoms with Crippen molar-refractivity contribution in [2.75, 3.05) is 10.7 Å². The lowest BCUT2D eigenvalue weighted by Crippen LogP contribution is -2.39. The van der Waals surface area contributed by atoms with Crippen molar-refractivity contribution in [2.45, 2.75) is 78.8 Å². The van der Waals surface area contributed by atoms with Crippen LogP contribution in [0.2, 0.25) is 0 Å². The van der Waals surface area contributed by atoms with Crippen molar-refractivity contribution in [3.8, 4) is 0 Å². The van der Waals surface area contributed by atoms with Gasteiger partial charge in [0.1, 0.15) is 0 Å². The summed E-state index contributed by atoms with van der Waals surface area (Å²) in [5.74, 6) is 1.62. The molecule has 6 heteroatoms. The van der Waals surface area contributed by atoms with Crippen LogP contribution < -0.4 is 4.90 Å². The molecule has 1 aromatic carbocycles. The summed E-state index contributed by atoms with van der Waals surface area (Å²) in [7, 11) is 0. The molecule has 1 aromatic rings. The van der Waals surface area contributed by atoms with Gasteiger partial charge < -0.3 is 4.90 Å². The van der Waals surface area contributed by atoms with E-state index < -0.39 is 0 Å². The van der Waals surface area contributed by atoms with Gasteiger partial charge in [0.2, 0.25) is 0 Å². The zero-order chi connectivity index (χ0) is 20.0. The van der Waals surface area contributed by atoms with Crippen LogP contribution in [0.5, 0.6) is 0 Å². The van der Waals surface area contributed by atoms with Crippen molar-refractivity contribution in [3.63, 3.8) is 0 Å². The van der Waals surface area contributed by atoms with Crippen molar-refractivity contribution in [1.82, 2.24) is 0 Å². The Morgan fingerprint density at radius 2 is 1.96 bits per heavy atom. The molecule has 0 aliphatic carbocycles. The van der Waals surface area contributed by atoms with E-state index in [1.54, 1.807) is 23.9 Å². The number of non-ortho nitro benzene ring substituents is 1. The molecular formula is C21H33N3O2S. The molecule has 1 aliphatic rings. The number of amidine groups is 1. The average molecular weight is 392 g/mol. The van der Waals surface area contributed by atoms with Crippen LogP contribution in [0.25, 0.3) is 0 Å². The molecular weight excluding hydrogens is 358 g/mol. The number of rotatable bonds is 9. The molecule has 1 heterocycles. The van der Waals surface area contributed by atoms with Gasteiger partial charge in [0, 0.05) is 23.9 Å². The zero-order valence-corrected chi connectivity index (χ0v) is 18.1. The molecule has 1 aliphatic heterocycles. The van der Waals surface area contributed by atoms with Gasteiger partial charge in [-0.1, -0.05) is 58.4 Å². The van der Waals surface area contributed by atoms with Gasteiger partial charge in [0.25, 0.3) is 5.69 Å². The van der Waals surface area contributed by atoms with Gasteiger partial charge in [-0.05, 0) is 37.7 Å². The molecule has 150 valence electrons. The summed E-state index contributed by atoms with van der Waals surface area (Å²) in [6.45, 7) is 10.9. The number of aliphatic imine (C=N–C) groups is 1. The Morgan fingerprint density at radius 1 is 1.30 bits per heavy atom. The molecule has 27 heavy (non-hydrogen) atoms. The third-order valence-corrected chi connectivity index (χ3v) is 6.03. The van der Waals surface area contributed by atoms with E-state index in [9.17, 15) is 10.1 Å². The number of nitrogens with zero attached hydrogens (tertiary/aromatic N) is 3. The second kappa shape index (κ2) is 10.1. The summed E-state index contributed by atoms with van der Waals surface area (Å²) in [5.41, 5.74) is 2.15. The fourth-order valence-corrected chi connectivity index (χ4v) is 4.86. The van der Waals surface area contributed by atoms with Crippen LogP contribution >= 0.6 is 11.8 Å². The number of aryl methyl sites for hydroxylation is 1. The molecule has 0 amide bonds. The third-order valence-electron chi connectivity index (χ3n) is 4.92. The summed E-state index contributed by atoms with van der Waals surface area (Å²) in [6, 6.07) is 5.85. The fourth-order valence-electron chi connectivity index (χ4n) is 3.69. The number of nitro benzene ring substituents is 1. The molecule has 0 fully saturated rings. The molecule has 2 rings (SSSR count). The third kappa shape index (κ3) is 5.71. The van der Waals surface area contributed by atoms with Gasteiger partial charge in [0.15, 0.2) is 5.17 Å². The Morgan fingerprint density at radius 3 is 2.52 bits per heavy atom. The van der Waals surface area contributed by atoms with Crippen molar-refractivity contribution in [1.29, 1.82) is 0 Å². The van der Waals surface area contributed by atoms with E-state index in [1.807, 2.05) is 13.0 Å². The average Bonchev–Trinajstić information content (AvgIpc) is 3.04. The number of anilines is 1. The quantitative estimate of drug-likeness (QED) is 0.372. The maximum Gasteiger partial charge on any atom is 0.271 e. The molecule has 0 radical (unpaired) electrons. The first-order valence-electron chi connectivity index (χ1n) is 10.1. The largest absolute Gasteiger partial charge is 0.318 e. The van der Waals surface area contributed by atoms with E-state index in [-0.39, 0.29) is 10.6 Å². The maximum atomic E-state index is 11.4. The zero-order valence-electron chi connectivity index (χ0n) is 17.3. The van der Waals surface area contributed by atoms with Crippen LogP contribution in [0.4, 0.5) is 11.4 Å². The summed E-state index contributed by atoms with van der Waals surface area (Å²) in [6.07, 6.45) is 5.38. The normalized spacial score (nSPS) is 16.9. The summed E-state index contributed by atoms with van der Waals surface area (Å²) in [5, 5.41) is 12.4. The first-order valence-corrected chi connectivity index (χ1v) is 11.1. The SMILES string of the molecule is CCCC(CCC)N(C1=N[C@@H](CC(C)C)CS1)c1cc([N+](=O)[O-])ccc1C. The van der Waals surface area contributed by atoms with Crippen molar-refractivity contribution in [3.05, 3.63) is 33.9 Å². The van der Waals surface area contributed by atoms with Gasteiger partial charge in [0.05, 0.1) is 16.7 Å². The molecule has 0 unspecified atom stereocenters. The summed E-state index contributed by atoms with van der Waals surface area (Å²) in [4.78, 5) is 18.4. The number of nitro groups is 1. The smallest absolute Gasteiger partial charge is 0.271 e. The molecule has 1 atom stereocenters. The van der Waals surface area contributed by atoms with Gasteiger partial charge >= 0.3 is 0 Å². The van der Waals surface area contributed by atoms with E-state index in [1.165, 1.54) is 0 Å². The van der Waals surface area contributed by atoms with Crippen molar-refractivity contribution in [2.24, 2.45) is 10.9 Å². The lowest BCUT2D eigenvalue weighted by atomic mass is 10.0. The second-order valence-corrected chi connectivity index (χ2v) is 8.82. The Hall–Kier alpha value is -1.56. The Balaban J connectivity index is 2.47. The lowest BCUT2D eigenvalue weighted by Gasteiger charge is -2.34. The highest BCUT2D eigenvalue weighted by atomic mass is 32.2. The van der Waals surface area contributed by atoms with E-state index >= 15 is 0 Å². The van der Waals surface area contributed by atoms with Crippen molar-refractivity contribution >= 4 is 28.3 Å². The molecule has 5 nitrogen and oxygen atoms in total. The molecule has 0 saturated carbocycles. The molecule has 0 bridgehead atoms. The predicted molar refractivity (Wildman–Crippen MR) is 117 cm³/mol. The Kier molecular flexibility index (Phi) is 8.14. The van der Waals surface area contributed by atoms with Gasteiger partial charge in [-0.3, -0.25) is 15.1 Å². The monoisotopic (exact) mass is 391 g/mol. The topological polar surface area (TPSA) is 58.7 Å². The number of hydrogen-bond donors (Lipinski definition) is 0. The Bertz CT molecular complexity index is 669. The van der Waals surface area contributed by atoms with Crippen molar-refractivity contribution < 1.29 is 4.92 Å². The minimum absolute atomic E-state index is 0.148. The standard InChI is InChI=1S/C21H33N3O2S/c1-6-8-18(9-7-2)23(21-22-17(14-27-21)12-15(3)4)20-13-19(24(25)26)11-10-16(20)5/h10-11,13,15,17-18H,6-9,12,14H2,1-5H3/t17-/m0/s1. The van der Waals surface area contributed by atoms with Crippen LogP contribution in [0.3, 0.4) is 0 Å². The summed E-state index contributed by atoms with van der Waals surface area (Å²) < 4.78 is 0. The molecule has 0 N–H and O–H groups in total. The van der Waals surface area contributed by atoms with E-state index in [4.69, 9.17) is 4.99 Å². The van der Waals surface area contributed by atoms with Crippen LogP contribution in [-0.4, -0.2) is 27.9 Å². The number of benzene rings is 1. The van der Waals surface area contributed by atoms with Gasteiger partial charge in [-0.2, -0.15) is 0 Å². The number of thioether (sulfide) groups is 1. The van der Waals surface area contributed by atoms with Gasteiger partial charge in [-0.25, -0.2) is 0 Å². The second-order valence-electron chi connectivity index (χ2n) is 7.84. The van der Waals surface area contributed by atoms with E-state index in [2.05, 4.69) is 32.6 Å². The first kappa shape index (κ1) is 21.7.